The molecule has 1 rings (SSSR count). The Morgan fingerprint density at radius 3 is 2.40 bits per heavy atom. The molecule has 1 heterocycles. The van der Waals surface area contributed by atoms with Gasteiger partial charge in [-0.15, -0.1) is 0 Å². The molecule has 1 fully saturated rings. The summed E-state index contributed by atoms with van der Waals surface area (Å²) in [5, 5.41) is 0. The van der Waals surface area contributed by atoms with E-state index in [-0.39, 0.29) is 0 Å². The van der Waals surface area contributed by atoms with Gasteiger partial charge in [0.1, 0.15) is 0 Å². The van der Waals surface area contributed by atoms with E-state index < -0.39 is 8.07 Å². The van der Waals surface area contributed by atoms with Gasteiger partial charge < -0.3 is 4.90 Å². The van der Waals surface area contributed by atoms with Crippen LogP contribution in [0.4, 0.5) is 0 Å². The summed E-state index contributed by atoms with van der Waals surface area (Å²) in [5.41, 5.74) is 2.48. The van der Waals surface area contributed by atoms with Gasteiger partial charge in [-0.3, -0.25) is 0 Å². The zero-order valence-corrected chi connectivity index (χ0v) is 11.8. The van der Waals surface area contributed by atoms with Gasteiger partial charge in [0.2, 0.25) is 0 Å². The normalized spacial score (nSPS) is 19.9. The average molecular weight is 225 g/mol. The van der Waals surface area contributed by atoms with Gasteiger partial charge >= 0.3 is 0 Å². The molecular weight excluding hydrogens is 198 g/mol. The Labute approximate surface area is 96.6 Å². The molecule has 0 spiro atoms. The second-order valence-corrected chi connectivity index (χ2v) is 10.3. The number of allylic oxidation sites excluding steroid dienone is 1. The van der Waals surface area contributed by atoms with Gasteiger partial charge in [0.15, 0.2) is 0 Å². The molecular formula is C13H27NSi. The Hall–Kier alpha value is -0.0831. The molecule has 0 atom stereocenters. The van der Waals surface area contributed by atoms with Crippen molar-refractivity contribution in [3.8, 4) is 0 Å². The fraction of sp³-hybridized carbons (Fsp3) is 0.846. The molecule has 0 amide bonds. The quantitative estimate of drug-likeness (QED) is 0.645. The van der Waals surface area contributed by atoms with Crippen LogP contribution >= 0.6 is 0 Å². The molecule has 1 nitrogen and oxygen atoms in total. The maximum Gasteiger partial charge on any atom is 0.0713 e. The lowest BCUT2D eigenvalue weighted by Gasteiger charge is -2.27. The van der Waals surface area contributed by atoms with Gasteiger partial charge in [0.05, 0.1) is 8.07 Å². The molecule has 0 aromatic heterocycles. The first kappa shape index (κ1) is 13.0. The second kappa shape index (κ2) is 6.49. The molecule has 1 saturated heterocycles. The fourth-order valence-electron chi connectivity index (χ4n) is 2.48. The molecule has 0 bridgehead atoms. The van der Waals surface area contributed by atoms with Gasteiger partial charge in [-0.1, -0.05) is 37.3 Å². The predicted octanol–water partition coefficient (Wildman–Crippen LogP) is 3.69. The minimum absolute atomic E-state index is 0.995. The summed E-state index contributed by atoms with van der Waals surface area (Å²) >= 11 is 0. The number of nitrogens with zero attached hydrogens (tertiary/aromatic N) is 1. The molecule has 0 aromatic rings. The van der Waals surface area contributed by atoms with E-state index in [9.17, 15) is 0 Å². The number of piperidine rings is 1. The van der Waals surface area contributed by atoms with Crippen LogP contribution < -0.4 is 0 Å². The van der Waals surface area contributed by atoms with Crippen molar-refractivity contribution in [1.29, 1.82) is 0 Å². The van der Waals surface area contributed by atoms with E-state index in [1.807, 2.05) is 0 Å². The SMILES string of the molecule is CC=C[Si](C)(C)CCCN1CCCCC1. The lowest BCUT2D eigenvalue weighted by Crippen LogP contribution is -2.32. The number of likely N-dealkylation sites (tertiary alicyclic amines) is 1. The van der Waals surface area contributed by atoms with Gasteiger partial charge in [-0.05, 0) is 45.8 Å². The predicted molar refractivity (Wildman–Crippen MR) is 72.0 cm³/mol. The van der Waals surface area contributed by atoms with Crippen LogP contribution in [0.5, 0.6) is 0 Å². The highest BCUT2D eigenvalue weighted by atomic mass is 28.3. The van der Waals surface area contributed by atoms with Crippen molar-refractivity contribution in [3.63, 3.8) is 0 Å². The summed E-state index contributed by atoms with van der Waals surface area (Å²) in [5.74, 6) is 0. The van der Waals surface area contributed by atoms with E-state index in [0.29, 0.717) is 0 Å². The third kappa shape index (κ3) is 5.52. The van der Waals surface area contributed by atoms with Crippen molar-refractivity contribution in [2.45, 2.75) is 51.7 Å². The summed E-state index contributed by atoms with van der Waals surface area (Å²) in [4.78, 5) is 2.66. The highest BCUT2D eigenvalue weighted by Gasteiger charge is 2.17. The molecule has 1 aliphatic heterocycles. The Morgan fingerprint density at radius 1 is 1.13 bits per heavy atom. The van der Waals surface area contributed by atoms with Crippen LogP contribution in [0.15, 0.2) is 11.8 Å². The number of rotatable bonds is 5. The van der Waals surface area contributed by atoms with Crippen LogP contribution in [0, 0.1) is 0 Å². The molecule has 0 aromatic carbocycles. The minimum atomic E-state index is -0.995. The Balaban J connectivity index is 2.14. The second-order valence-electron chi connectivity index (χ2n) is 5.49. The third-order valence-electron chi connectivity index (χ3n) is 3.36. The smallest absolute Gasteiger partial charge is 0.0713 e. The van der Waals surface area contributed by atoms with E-state index in [1.165, 1.54) is 51.4 Å². The molecule has 0 N–H and O–H groups in total. The first-order valence-corrected chi connectivity index (χ1v) is 9.79. The molecule has 0 radical (unpaired) electrons. The number of hydrogen-bond donors (Lipinski definition) is 0. The van der Waals surface area contributed by atoms with Crippen LogP contribution in [-0.2, 0) is 0 Å². The fourth-order valence-corrected chi connectivity index (χ4v) is 4.61. The highest BCUT2D eigenvalue weighted by molar-refractivity contribution is 6.82. The Morgan fingerprint density at radius 2 is 1.80 bits per heavy atom. The zero-order chi connectivity index (χ0) is 11.1. The molecule has 15 heavy (non-hydrogen) atoms. The standard InChI is InChI=1S/C13H27NSi/c1-4-12-15(2,3)13-8-11-14-9-6-5-7-10-14/h4,12H,5-11,13H2,1-3H3. The van der Waals surface area contributed by atoms with E-state index >= 15 is 0 Å². The van der Waals surface area contributed by atoms with Crippen LogP contribution in [0.3, 0.4) is 0 Å². The van der Waals surface area contributed by atoms with Gasteiger partial charge in [0.25, 0.3) is 0 Å². The van der Waals surface area contributed by atoms with Crippen LogP contribution in [0.25, 0.3) is 0 Å². The van der Waals surface area contributed by atoms with E-state index in [2.05, 4.69) is 36.7 Å². The Bertz CT molecular complexity index is 193. The van der Waals surface area contributed by atoms with Gasteiger partial charge in [0, 0.05) is 0 Å². The van der Waals surface area contributed by atoms with Crippen molar-refractivity contribution < 1.29 is 0 Å². The van der Waals surface area contributed by atoms with Crippen molar-refractivity contribution >= 4 is 8.07 Å². The minimum Gasteiger partial charge on any atom is -0.303 e. The molecule has 0 unspecified atom stereocenters. The monoisotopic (exact) mass is 225 g/mol. The van der Waals surface area contributed by atoms with Crippen molar-refractivity contribution in [2.75, 3.05) is 19.6 Å². The molecule has 88 valence electrons. The molecule has 0 aliphatic carbocycles. The summed E-state index contributed by atoms with van der Waals surface area (Å²) in [6.07, 6.45) is 7.96. The third-order valence-corrected chi connectivity index (χ3v) is 6.24. The van der Waals surface area contributed by atoms with Crippen LogP contribution in [0.1, 0.15) is 32.6 Å². The summed E-state index contributed by atoms with van der Waals surface area (Å²) < 4.78 is 0. The number of hydrogen-bond acceptors (Lipinski definition) is 1. The highest BCUT2D eigenvalue weighted by Crippen LogP contribution is 2.15. The first-order valence-electron chi connectivity index (χ1n) is 6.50. The van der Waals surface area contributed by atoms with Gasteiger partial charge in [-0.25, -0.2) is 0 Å². The van der Waals surface area contributed by atoms with E-state index in [1.54, 1.807) is 0 Å². The summed E-state index contributed by atoms with van der Waals surface area (Å²) in [6.45, 7) is 11.1. The summed E-state index contributed by atoms with van der Waals surface area (Å²) in [6, 6.07) is 1.45. The van der Waals surface area contributed by atoms with E-state index in [0.717, 1.165) is 0 Å². The topological polar surface area (TPSA) is 3.24 Å². The lowest BCUT2D eigenvalue weighted by atomic mass is 10.1. The maximum atomic E-state index is 2.66. The van der Waals surface area contributed by atoms with Crippen molar-refractivity contribution in [3.05, 3.63) is 11.8 Å². The largest absolute Gasteiger partial charge is 0.303 e. The average Bonchev–Trinajstić information content (AvgIpc) is 2.19. The zero-order valence-electron chi connectivity index (χ0n) is 10.8. The lowest BCUT2D eigenvalue weighted by molar-refractivity contribution is 0.229. The van der Waals surface area contributed by atoms with Crippen LogP contribution in [-0.4, -0.2) is 32.6 Å². The van der Waals surface area contributed by atoms with Crippen LogP contribution in [0.2, 0.25) is 19.1 Å². The van der Waals surface area contributed by atoms with Gasteiger partial charge in [-0.2, -0.15) is 0 Å². The molecule has 0 saturated carbocycles. The maximum absolute atomic E-state index is 2.66. The summed E-state index contributed by atoms with van der Waals surface area (Å²) in [7, 11) is -0.995. The van der Waals surface area contributed by atoms with Crippen molar-refractivity contribution in [1.82, 2.24) is 4.90 Å². The molecule has 2 heteroatoms. The first-order chi connectivity index (χ1) is 7.14. The Kier molecular flexibility index (Phi) is 5.62. The van der Waals surface area contributed by atoms with Crippen molar-refractivity contribution in [2.24, 2.45) is 0 Å². The molecule has 1 aliphatic rings. The van der Waals surface area contributed by atoms with E-state index in [4.69, 9.17) is 0 Å².